The summed E-state index contributed by atoms with van der Waals surface area (Å²) in [5.74, 6) is 1.19. The second kappa shape index (κ2) is 9.84. The Balaban J connectivity index is 1.99. The lowest BCUT2D eigenvalue weighted by Crippen LogP contribution is -2.09. The third-order valence-electron chi connectivity index (χ3n) is 4.43. The van der Waals surface area contributed by atoms with Crippen LogP contribution in [0.1, 0.15) is 36.8 Å². The fourth-order valence-electron chi connectivity index (χ4n) is 3.09. The van der Waals surface area contributed by atoms with Crippen LogP contribution < -0.4 is 0 Å². The number of aliphatic hydroxyl groups excluding tert-OH is 1. The molecule has 148 valence electrons. The monoisotopic (exact) mass is 434 g/mol. The van der Waals surface area contributed by atoms with Gasteiger partial charge in [-0.05, 0) is 36.1 Å². The Kier molecular flexibility index (Phi) is 7.47. The molecule has 1 N–H and O–H groups in total. The average molecular weight is 435 g/mol. The van der Waals surface area contributed by atoms with Gasteiger partial charge < -0.3 is 9.67 Å². The molecule has 0 saturated carbocycles. The van der Waals surface area contributed by atoms with Gasteiger partial charge in [0.05, 0.1) is 12.3 Å². The first kappa shape index (κ1) is 21.3. The molecule has 0 aliphatic rings. The zero-order valence-corrected chi connectivity index (χ0v) is 18.4. The molecule has 0 radical (unpaired) electrons. The first-order valence-electron chi connectivity index (χ1n) is 9.36. The molecule has 0 spiro atoms. The number of benzene rings is 2. The van der Waals surface area contributed by atoms with Crippen LogP contribution in [0.2, 0.25) is 10.0 Å². The molecule has 2 aromatic carbocycles. The van der Waals surface area contributed by atoms with E-state index >= 15 is 0 Å². The molecular weight excluding hydrogens is 411 g/mol. The van der Waals surface area contributed by atoms with Gasteiger partial charge in [-0.1, -0.05) is 79.1 Å². The largest absolute Gasteiger partial charge is 0.396 e. The van der Waals surface area contributed by atoms with Crippen molar-refractivity contribution in [2.45, 2.75) is 49.1 Å². The predicted molar refractivity (Wildman–Crippen MR) is 118 cm³/mol. The van der Waals surface area contributed by atoms with Gasteiger partial charge in [-0.15, -0.1) is 0 Å². The Hall–Kier alpha value is -1.46. The fourth-order valence-corrected chi connectivity index (χ4v) is 5.04. The number of hydrogen-bond acceptors (Lipinski definition) is 3. The minimum absolute atomic E-state index is 0.0764. The van der Waals surface area contributed by atoms with Crippen LogP contribution in [0.15, 0.2) is 58.5 Å². The van der Waals surface area contributed by atoms with Gasteiger partial charge in [0, 0.05) is 27.9 Å². The summed E-state index contributed by atoms with van der Waals surface area (Å²) in [5, 5.41) is 11.9. The molecule has 6 heteroatoms. The normalized spacial score (nSPS) is 11.4. The van der Waals surface area contributed by atoms with Crippen molar-refractivity contribution >= 4 is 35.0 Å². The van der Waals surface area contributed by atoms with Gasteiger partial charge >= 0.3 is 0 Å². The second-order valence-electron chi connectivity index (χ2n) is 6.94. The molecule has 0 atom stereocenters. The summed E-state index contributed by atoms with van der Waals surface area (Å²) in [6.07, 6.45) is 1.43. The fraction of sp³-hybridized carbons (Fsp3) is 0.318. The van der Waals surface area contributed by atoms with Crippen LogP contribution in [0.3, 0.4) is 0 Å². The Morgan fingerprint density at radius 2 is 1.71 bits per heavy atom. The van der Waals surface area contributed by atoms with Crippen LogP contribution >= 0.6 is 35.0 Å². The quantitative estimate of drug-likeness (QED) is 0.455. The maximum atomic E-state index is 9.54. The van der Waals surface area contributed by atoms with E-state index in [1.165, 1.54) is 5.56 Å². The molecule has 0 bridgehead atoms. The molecule has 1 heterocycles. The first-order chi connectivity index (χ1) is 13.5. The summed E-state index contributed by atoms with van der Waals surface area (Å²) in [7, 11) is 0. The predicted octanol–water partition coefficient (Wildman–Crippen LogP) is 6.24. The lowest BCUT2D eigenvalue weighted by Gasteiger charge is -2.14. The molecule has 1 aromatic heterocycles. The van der Waals surface area contributed by atoms with Gasteiger partial charge in [-0.3, -0.25) is 0 Å². The SMILES string of the molecule is CC(C)c1nc(CCO)n(CCc2ccccc2)c1Sc1cc(Cl)cc(Cl)c1. The number of nitrogens with zero attached hydrogens (tertiary/aromatic N) is 2. The second-order valence-corrected chi connectivity index (χ2v) is 8.88. The van der Waals surface area contributed by atoms with Crippen molar-refractivity contribution in [3.8, 4) is 0 Å². The van der Waals surface area contributed by atoms with Crippen LogP contribution in [-0.4, -0.2) is 21.3 Å². The number of aliphatic hydroxyl groups is 1. The van der Waals surface area contributed by atoms with Gasteiger partial charge in [0.25, 0.3) is 0 Å². The number of aromatic nitrogens is 2. The Bertz CT molecular complexity index is 906. The maximum absolute atomic E-state index is 9.54. The number of imidazole rings is 1. The molecule has 3 rings (SSSR count). The van der Waals surface area contributed by atoms with Gasteiger partial charge in [0.1, 0.15) is 10.9 Å². The minimum atomic E-state index is 0.0764. The topological polar surface area (TPSA) is 38.1 Å². The lowest BCUT2D eigenvalue weighted by molar-refractivity contribution is 0.294. The first-order valence-corrected chi connectivity index (χ1v) is 10.9. The van der Waals surface area contributed by atoms with Crippen molar-refractivity contribution in [2.75, 3.05) is 6.61 Å². The highest BCUT2D eigenvalue weighted by molar-refractivity contribution is 7.99. The van der Waals surface area contributed by atoms with E-state index in [4.69, 9.17) is 28.2 Å². The van der Waals surface area contributed by atoms with E-state index in [-0.39, 0.29) is 12.5 Å². The highest BCUT2D eigenvalue weighted by Gasteiger charge is 2.20. The third kappa shape index (κ3) is 5.32. The van der Waals surface area contributed by atoms with E-state index in [9.17, 15) is 5.11 Å². The number of halogens is 2. The van der Waals surface area contributed by atoms with Crippen molar-refractivity contribution in [1.82, 2.24) is 9.55 Å². The van der Waals surface area contributed by atoms with Crippen LogP contribution in [0.25, 0.3) is 0 Å². The summed E-state index contributed by atoms with van der Waals surface area (Å²) in [6, 6.07) is 16.0. The van der Waals surface area contributed by atoms with E-state index in [0.717, 1.165) is 34.4 Å². The Morgan fingerprint density at radius 3 is 2.32 bits per heavy atom. The van der Waals surface area contributed by atoms with Crippen molar-refractivity contribution < 1.29 is 5.11 Å². The van der Waals surface area contributed by atoms with E-state index in [0.29, 0.717) is 16.5 Å². The highest BCUT2D eigenvalue weighted by Crippen LogP contribution is 2.37. The van der Waals surface area contributed by atoms with Crippen molar-refractivity contribution in [1.29, 1.82) is 0 Å². The van der Waals surface area contributed by atoms with E-state index < -0.39 is 0 Å². The molecule has 28 heavy (non-hydrogen) atoms. The molecule has 0 aliphatic heterocycles. The average Bonchev–Trinajstić information content (AvgIpc) is 2.98. The number of hydrogen-bond donors (Lipinski definition) is 1. The smallest absolute Gasteiger partial charge is 0.112 e. The van der Waals surface area contributed by atoms with Gasteiger partial charge in [0.2, 0.25) is 0 Å². The molecule has 0 unspecified atom stereocenters. The molecule has 0 aliphatic carbocycles. The number of rotatable bonds is 8. The lowest BCUT2D eigenvalue weighted by atomic mass is 10.1. The van der Waals surface area contributed by atoms with Crippen molar-refractivity contribution in [2.24, 2.45) is 0 Å². The van der Waals surface area contributed by atoms with Crippen LogP contribution in [0, 0.1) is 0 Å². The van der Waals surface area contributed by atoms with Gasteiger partial charge in [-0.2, -0.15) is 0 Å². The van der Waals surface area contributed by atoms with Crippen LogP contribution in [0.5, 0.6) is 0 Å². The molecule has 0 fully saturated rings. The Morgan fingerprint density at radius 1 is 1.04 bits per heavy atom. The third-order valence-corrected chi connectivity index (χ3v) is 5.96. The molecule has 0 amide bonds. The van der Waals surface area contributed by atoms with Crippen molar-refractivity contribution in [3.63, 3.8) is 0 Å². The van der Waals surface area contributed by atoms with E-state index in [1.54, 1.807) is 17.8 Å². The van der Waals surface area contributed by atoms with E-state index in [2.05, 4.69) is 42.7 Å². The van der Waals surface area contributed by atoms with Crippen LogP contribution in [0.4, 0.5) is 0 Å². The summed E-state index contributed by atoms with van der Waals surface area (Å²) < 4.78 is 2.23. The zero-order valence-electron chi connectivity index (χ0n) is 16.0. The molecule has 0 saturated heterocycles. The van der Waals surface area contributed by atoms with Gasteiger partial charge in [0.15, 0.2) is 0 Å². The van der Waals surface area contributed by atoms with E-state index in [1.807, 2.05) is 18.2 Å². The highest BCUT2D eigenvalue weighted by atomic mass is 35.5. The summed E-state index contributed by atoms with van der Waals surface area (Å²) in [4.78, 5) is 5.85. The van der Waals surface area contributed by atoms with Gasteiger partial charge in [-0.25, -0.2) is 4.98 Å². The molecule has 3 nitrogen and oxygen atoms in total. The number of aryl methyl sites for hydroxylation is 1. The Labute approximate surface area is 180 Å². The maximum Gasteiger partial charge on any atom is 0.112 e. The van der Waals surface area contributed by atoms with Crippen molar-refractivity contribution in [3.05, 3.63) is 75.7 Å². The zero-order chi connectivity index (χ0) is 20.1. The minimum Gasteiger partial charge on any atom is -0.396 e. The standard InChI is InChI=1S/C22H24Cl2N2OS/c1-15(2)21-22(28-19-13-17(23)12-18(24)14-19)26(20(25-21)9-11-27)10-8-16-6-4-3-5-7-16/h3-7,12-15,27H,8-11H2,1-2H3. The summed E-state index contributed by atoms with van der Waals surface area (Å²) in [6.45, 7) is 5.16. The molecular formula is C22H24Cl2N2OS. The summed E-state index contributed by atoms with van der Waals surface area (Å²) in [5.41, 5.74) is 2.32. The summed E-state index contributed by atoms with van der Waals surface area (Å²) >= 11 is 14.0. The van der Waals surface area contributed by atoms with Crippen LogP contribution in [-0.2, 0) is 19.4 Å². The molecule has 3 aromatic rings.